The Morgan fingerprint density at radius 1 is 1.18 bits per heavy atom. The van der Waals surface area contributed by atoms with Gasteiger partial charge in [-0.25, -0.2) is 0 Å². The van der Waals surface area contributed by atoms with Crippen LogP contribution in [0.25, 0.3) is 0 Å². The zero-order valence-corrected chi connectivity index (χ0v) is 13.3. The van der Waals surface area contributed by atoms with Crippen molar-refractivity contribution in [1.29, 1.82) is 0 Å². The molecule has 1 saturated carbocycles. The fourth-order valence-corrected chi connectivity index (χ4v) is 3.82. The molecule has 4 N–H and O–H groups in total. The summed E-state index contributed by atoms with van der Waals surface area (Å²) in [6, 6.07) is 6.49. The molecule has 0 atom stereocenters. The van der Waals surface area contributed by atoms with E-state index in [1.54, 1.807) is 0 Å². The zero-order valence-electron chi connectivity index (χ0n) is 13.3. The molecule has 22 heavy (non-hydrogen) atoms. The number of carbonyl (C=O) groups is 1. The summed E-state index contributed by atoms with van der Waals surface area (Å²) in [6.07, 6.45) is 6.48. The van der Waals surface area contributed by atoms with Crippen molar-refractivity contribution in [3.8, 4) is 0 Å². The molecule has 1 aromatic rings. The minimum atomic E-state index is 0.0458. The second kappa shape index (κ2) is 6.80. The number of fused-ring (bicyclic) bond motifs is 1. The van der Waals surface area contributed by atoms with Crippen molar-refractivity contribution in [2.45, 2.75) is 58.2 Å². The van der Waals surface area contributed by atoms with Gasteiger partial charge in [-0.15, -0.1) is 0 Å². The van der Waals surface area contributed by atoms with E-state index >= 15 is 0 Å². The van der Waals surface area contributed by atoms with E-state index < -0.39 is 0 Å². The number of rotatable bonds is 5. The van der Waals surface area contributed by atoms with Crippen LogP contribution in [0.1, 0.15) is 55.2 Å². The molecular formula is C18H27N3O. The fraction of sp³-hybridized carbons (Fsp3) is 0.611. The van der Waals surface area contributed by atoms with Gasteiger partial charge in [-0.1, -0.05) is 37.5 Å². The van der Waals surface area contributed by atoms with Crippen LogP contribution < -0.4 is 16.4 Å². The Morgan fingerprint density at radius 3 is 2.73 bits per heavy atom. The summed E-state index contributed by atoms with van der Waals surface area (Å²) in [5.41, 5.74) is 9.93. The zero-order chi connectivity index (χ0) is 15.4. The second-order valence-corrected chi connectivity index (χ2v) is 6.92. The number of hydrogen-bond donors (Lipinski definition) is 3. The minimum absolute atomic E-state index is 0.0458. The Bertz CT molecular complexity index is 535. The van der Waals surface area contributed by atoms with Crippen LogP contribution in [0.15, 0.2) is 18.2 Å². The van der Waals surface area contributed by atoms with Crippen molar-refractivity contribution in [3.05, 3.63) is 34.9 Å². The van der Waals surface area contributed by atoms with Gasteiger partial charge in [-0.3, -0.25) is 4.79 Å². The van der Waals surface area contributed by atoms with Gasteiger partial charge in [-0.2, -0.15) is 0 Å². The van der Waals surface area contributed by atoms with E-state index in [1.807, 2.05) is 0 Å². The average molecular weight is 301 g/mol. The molecule has 4 heteroatoms. The monoisotopic (exact) mass is 301 g/mol. The van der Waals surface area contributed by atoms with E-state index in [0.29, 0.717) is 19.5 Å². The highest BCUT2D eigenvalue weighted by atomic mass is 16.1. The van der Waals surface area contributed by atoms with Crippen LogP contribution in [0, 0.1) is 5.41 Å². The molecule has 1 aliphatic heterocycles. The minimum Gasteiger partial charge on any atom is -0.352 e. The Balaban J connectivity index is 1.53. The van der Waals surface area contributed by atoms with E-state index in [4.69, 9.17) is 5.73 Å². The standard InChI is InChI=1S/C18H27N3O/c19-13-18(6-2-1-3-7-18)9-17(22)21-10-14-4-5-15-11-20-12-16(15)8-14/h4-5,8,20H,1-3,6-7,9-13,19H2,(H,21,22). The highest BCUT2D eigenvalue weighted by Crippen LogP contribution is 2.38. The predicted molar refractivity (Wildman–Crippen MR) is 88.0 cm³/mol. The van der Waals surface area contributed by atoms with Crippen LogP contribution in [0.3, 0.4) is 0 Å². The van der Waals surface area contributed by atoms with Gasteiger partial charge in [0.1, 0.15) is 0 Å². The van der Waals surface area contributed by atoms with E-state index in [1.165, 1.54) is 36.0 Å². The van der Waals surface area contributed by atoms with Crippen LogP contribution >= 0.6 is 0 Å². The quantitative estimate of drug-likeness (QED) is 0.781. The second-order valence-electron chi connectivity index (χ2n) is 6.92. The van der Waals surface area contributed by atoms with Gasteiger partial charge in [0.15, 0.2) is 0 Å². The van der Waals surface area contributed by atoms with Crippen molar-refractivity contribution in [1.82, 2.24) is 10.6 Å². The molecule has 0 bridgehead atoms. The summed E-state index contributed by atoms with van der Waals surface area (Å²) in [4.78, 5) is 12.3. The van der Waals surface area contributed by atoms with Crippen LogP contribution in [0.2, 0.25) is 0 Å². The topological polar surface area (TPSA) is 67.2 Å². The van der Waals surface area contributed by atoms with E-state index in [2.05, 4.69) is 28.8 Å². The van der Waals surface area contributed by atoms with Crippen LogP contribution in [0.5, 0.6) is 0 Å². The molecule has 4 nitrogen and oxygen atoms in total. The summed E-state index contributed by atoms with van der Waals surface area (Å²) < 4.78 is 0. The van der Waals surface area contributed by atoms with Gasteiger partial charge >= 0.3 is 0 Å². The summed E-state index contributed by atoms with van der Waals surface area (Å²) in [7, 11) is 0. The lowest BCUT2D eigenvalue weighted by Crippen LogP contribution is -2.38. The van der Waals surface area contributed by atoms with Crippen molar-refractivity contribution in [3.63, 3.8) is 0 Å². The Hall–Kier alpha value is -1.39. The van der Waals surface area contributed by atoms with Gasteiger partial charge in [0, 0.05) is 26.1 Å². The van der Waals surface area contributed by atoms with Crippen LogP contribution in [-0.4, -0.2) is 12.5 Å². The first-order chi connectivity index (χ1) is 10.7. The lowest BCUT2D eigenvalue weighted by molar-refractivity contribution is -0.124. The number of amides is 1. The molecule has 0 radical (unpaired) electrons. The Kier molecular flexibility index (Phi) is 4.79. The Labute approximate surface area is 132 Å². The maximum atomic E-state index is 12.3. The van der Waals surface area contributed by atoms with Crippen molar-refractivity contribution < 1.29 is 4.79 Å². The van der Waals surface area contributed by atoms with Crippen molar-refractivity contribution >= 4 is 5.91 Å². The first kappa shape index (κ1) is 15.5. The highest BCUT2D eigenvalue weighted by Gasteiger charge is 2.32. The van der Waals surface area contributed by atoms with E-state index in [0.717, 1.165) is 25.9 Å². The first-order valence-corrected chi connectivity index (χ1v) is 8.49. The molecule has 1 aromatic carbocycles. The number of nitrogens with two attached hydrogens (primary N) is 1. The van der Waals surface area contributed by atoms with Crippen LogP contribution in [0.4, 0.5) is 0 Å². The maximum absolute atomic E-state index is 12.3. The Morgan fingerprint density at radius 2 is 1.95 bits per heavy atom. The molecule has 120 valence electrons. The highest BCUT2D eigenvalue weighted by molar-refractivity contribution is 5.76. The molecule has 0 spiro atoms. The number of hydrogen-bond acceptors (Lipinski definition) is 3. The smallest absolute Gasteiger partial charge is 0.220 e. The number of benzene rings is 1. The predicted octanol–water partition coefficient (Wildman–Crippen LogP) is 2.21. The molecule has 3 rings (SSSR count). The van der Waals surface area contributed by atoms with Crippen molar-refractivity contribution in [2.24, 2.45) is 11.1 Å². The van der Waals surface area contributed by atoms with Gasteiger partial charge in [0.2, 0.25) is 5.91 Å². The third-order valence-electron chi connectivity index (χ3n) is 5.27. The van der Waals surface area contributed by atoms with E-state index in [9.17, 15) is 4.79 Å². The lowest BCUT2D eigenvalue weighted by Gasteiger charge is -2.35. The third-order valence-corrected chi connectivity index (χ3v) is 5.27. The largest absolute Gasteiger partial charge is 0.352 e. The molecule has 1 fully saturated rings. The third kappa shape index (κ3) is 3.50. The molecule has 0 aromatic heterocycles. The molecule has 1 aliphatic carbocycles. The van der Waals surface area contributed by atoms with Gasteiger partial charge in [0.05, 0.1) is 0 Å². The number of carbonyl (C=O) groups excluding carboxylic acids is 1. The van der Waals surface area contributed by atoms with Crippen molar-refractivity contribution in [2.75, 3.05) is 6.54 Å². The summed E-state index contributed by atoms with van der Waals surface area (Å²) in [5.74, 6) is 0.144. The lowest BCUT2D eigenvalue weighted by atomic mass is 9.71. The fourth-order valence-electron chi connectivity index (χ4n) is 3.82. The van der Waals surface area contributed by atoms with Gasteiger partial charge < -0.3 is 16.4 Å². The van der Waals surface area contributed by atoms with Crippen LogP contribution in [-0.2, 0) is 24.4 Å². The first-order valence-electron chi connectivity index (χ1n) is 8.49. The van der Waals surface area contributed by atoms with E-state index in [-0.39, 0.29) is 11.3 Å². The SMILES string of the molecule is NCC1(CC(=O)NCc2ccc3c(c2)CNC3)CCCCC1. The molecular weight excluding hydrogens is 274 g/mol. The molecule has 0 saturated heterocycles. The van der Waals surface area contributed by atoms with Gasteiger partial charge in [0.25, 0.3) is 0 Å². The summed E-state index contributed by atoms with van der Waals surface area (Å²) in [5, 5.41) is 6.43. The summed E-state index contributed by atoms with van der Waals surface area (Å²) in [6.45, 7) is 3.14. The molecule has 0 unspecified atom stereocenters. The van der Waals surface area contributed by atoms with Gasteiger partial charge in [-0.05, 0) is 41.5 Å². The maximum Gasteiger partial charge on any atom is 0.220 e. The molecule has 1 amide bonds. The normalized spacial score (nSPS) is 19.7. The average Bonchev–Trinajstić information content (AvgIpc) is 3.01. The number of nitrogens with one attached hydrogen (secondary N) is 2. The summed E-state index contributed by atoms with van der Waals surface area (Å²) >= 11 is 0. The molecule has 2 aliphatic rings. The molecule has 1 heterocycles.